The van der Waals surface area contributed by atoms with Crippen LogP contribution in [-0.4, -0.2) is 69.4 Å². The van der Waals surface area contributed by atoms with E-state index in [1.807, 2.05) is 25.1 Å². The Bertz CT molecular complexity index is 1150. The van der Waals surface area contributed by atoms with E-state index in [0.29, 0.717) is 16.9 Å². The largest absolute Gasteiger partial charge is 0.496 e. The standard InChI is InChI=1S/C24H28N2O6S/c1-18-8-10-22(19(2)16-18)33(29,30)26-14-12-25(13-15-26)23(27)17-32-24(28)11-9-20-6-4-5-7-21(20)31-3/h4-11,16H,12-15,17H2,1-3H3. The van der Waals surface area contributed by atoms with Crippen LogP contribution in [-0.2, 0) is 24.3 Å². The molecule has 0 aromatic heterocycles. The highest BCUT2D eigenvalue weighted by Crippen LogP contribution is 2.22. The molecule has 1 aliphatic rings. The molecule has 0 atom stereocenters. The lowest BCUT2D eigenvalue weighted by atomic mass is 10.2. The Morgan fingerprint density at radius 1 is 1.03 bits per heavy atom. The lowest BCUT2D eigenvalue weighted by Gasteiger charge is -2.34. The van der Waals surface area contributed by atoms with Crippen molar-refractivity contribution in [2.75, 3.05) is 39.9 Å². The highest BCUT2D eigenvalue weighted by Gasteiger charge is 2.31. The van der Waals surface area contributed by atoms with Crippen LogP contribution in [0.2, 0.25) is 0 Å². The van der Waals surface area contributed by atoms with E-state index in [2.05, 4.69) is 0 Å². The first kappa shape index (κ1) is 24.5. The highest BCUT2D eigenvalue weighted by atomic mass is 32.2. The Hall–Kier alpha value is -3.17. The van der Waals surface area contributed by atoms with Gasteiger partial charge >= 0.3 is 5.97 Å². The van der Waals surface area contributed by atoms with Gasteiger partial charge < -0.3 is 14.4 Å². The molecule has 1 amide bonds. The summed E-state index contributed by atoms with van der Waals surface area (Å²) in [6.45, 7) is 4.12. The summed E-state index contributed by atoms with van der Waals surface area (Å²) in [5, 5.41) is 0. The van der Waals surface area contributed by atoms with Crippen molar-refractivity contribution in [2.45, 2.75) is 18.7 Å². The predicted octanol–water partition coefficient (Wildman–Crippen LogP) is 2.40. The Labute approximate surface area is 194 Å². The summed E-state index contributed by atoms with van der Waals surface area (Å²) in [5.74, 6) is -0.394. The number of methoxy groups -OCH3 is 1. The van der Waals surface area contributed by atoms with Crippen LogP contribution in [0.3, 0.4) is 0 Å². The van der Waals surface area contributed by atoms with Crippen LogP contribution in [0.5, 0.6) is 5.75 Å². The second-order valence-corrected chi connectivity index (χ2v) is 9.64. The monoisotopic (exact) mass is 472 g/mol. The summed E-state index contributed by atoms with van der Waals surface area (Å²) in [5.41, 5.74) is 2.40. The summed E-state index contributed by atoms with van der Waals surface area (Å²) in [7, 11) is -2.09. The van der Waals surface area contributed by atoms with Gasteiger partial charge in [-0.05, 0) is 37.6 Å². The lowest BCUT2D eigenvalue weighted by Crippen LogP contribution is -2.51. The zero-order chi connectivity index (χ0) is 24.0. The van der Waals surface area contributed by atoms with Gasteiger partial charge in [0.25, 0.3) is 5.91 Å². The number of carbonyl (C=O) groups excluding carboxylic acids is 2. The molecule has 176 valence electrons. The maximum atomic E-state index is 13.0. The van der Waals surface area contributed by atoms with E-state index in [9.17, 15) is 18.0 Å². The van der Waals surface area contributed by atoms with Crippen molar-refractivity contribution >= 4 is 28.0 Å². The van der Waals surface area contributed by atoms with E-state index < -0.39 is 22.6 Å². The molecule has 33 heavy (non-hydrogen) atoms. The summed E-state index contributed by atoms with van der Waals surface area (Å²) >= 11 is 0. The number of carbonyl (C=O) groups is 2. The fraction of sp³-hybridized carbons (Fsp3) is 0.333. The van der Waals surface area contributed by atoms with Crippen molar-refractivity contribution in [3.8, 4) is 5.75 Å². The number of rotatable bonds is 7. The Morgan fingerprint density at radius 3 is 2.39 bits per heavy atom. The Balaban J connectivity index is 1.51. The van der Waals surface area contributed by atoms with E-state index >= 15 is 0 Å². The van der Waals surface area contributed by atoms with E-state index in [-0.39, 0.29) is 37.0 Å². The number of ether oxygens (including phenoxy) is 2. The third kappa shape index (κ3) is 6.00. The Kier molecular flexibility index (Phi) is 7.88. The van der Waals surface area contributed by atoms with Crippen molar-refractivity contribution in [3.05, 3.63) is 65.2 Å². The van der Waals surface area contributed by atoms with Crippen molar-refractivity contribution in [1.29, 1.82) is 0 Å². The third-order valence-electron chi connectivity index (χ3n) is 5.42. The molecule has 3 rings (SSSR count). The van der Waals surface area contributed by atoms with E-state index in [4.69, 9.17) is 9.47 Å². The second kappa shape index (κ2) is 10.6. The molecular weight excluding hydrogens is 444 g/mol. The first-order valence-corrected chi connectivity index (χ1v) is 12.0. The van der Waals surface area contributed by atoms with Gasteiger partial charge in [0.1, 0.15) is 5.75 Å². The number of hydrogen-bond acceptors (Lipinski definition) is 6. The van der Waals surface area contributed by atoms with Crippen LogP contribution in [0.4, 0.5) is 0 Å². The number of nitrogens with zero attached hydrogens (tertiary/aromatic N) is 2. The molecule has 0 saturated carbocycles. The maximum absolute atomic E-state index is 13.0. The SMILES string of the molecule is COc1ccccc1C=CC(=O)OCC(=O)N1CCN(S(=O)(=O)c2ccc(C)cc2C)CC1. The van der Waals surface area contributed by atoms with Crippen LogP contribution >= 0.6 is 0 Å². The van der Waals surface area contributed by atoms with Gasteiger partial charge in [-0.1, -0.05) is 35.9 Å². The molecule has 1 heterocycles. The maximum Gasteiger partial charge on any atom is 0.331 e. The molecule has 9 heteroatoms. The number of sulfonamides is 1. The number of amides is 1. The molecule has 1 saturated heterocycles. The number of benzene rings is 2. The number of esters is 1. The van der Waals surface area contributed by atoms with Gasteiger partial charge in [-0.25, -0.2) is 13.2 Å². The molecule has 8 nitrogen and oxygen atoms in total. The molecule has 2 aromatic carbocycles. The minimum atomic E-state index is -3.63. The minimum Gasteiger partial charge on any atom is -0.496 e. The van der Waals surface area contributed by atoms with Crippen molar-refractivity contribution in [3.63, 3.8) is 0 Å². The van der Waals surface area contributed by atoms with Gasteiger partial charge in [-0.15, -0.1) is 0 Å². The number of aryl methyl sites for hydroxylation is 2. The first-order valence-electron chi connectivity index (χ1n) is 10.6. The third-order valence-corrected chi connectivity index (χ3v) is 7.47. The molecule has 0 aliphatic carbocycles. The van der Waals surface area contributed by atoms with E-state index in [1.54, 1.807) is 37.3 Å². The normalized spacial score (nSPS) is 14.9. The van der Waals surface area contributed by atoms with Gasteiger partial charge in [0.2, 0.25) is 10.0 Å². The molecule has 1 aliphatic heterocycles. The number of hydrogen-bond donors (Lipinski definition) is 0. The molecule has 0 N–H and O–H groups in total. The zero-order valence-electron chi connectivity index (χ0n) is 19.0. The van der Waals surface area contributed by atoms with Crippen LogP contribution in [0.1, 0.15) is 16.7 Å². The first-order chi connectivity index (χ1) is 15.7. The summed E-state index contributed by atoms with van der Waals surface area (Å²) < 4.78 is 37.6. The van der Waals surface area contributed by atoms with E-state index in [1.165, 1.54) is 22.4 Å². The lowest BCUT2D eigenvalue weighted by molar-refractivity contribution is -0.148. The minimum absolute atomic E-state index is 0.184. The average Bonchev–Trinajstić information content (AvgIpc) is 2.81. The average molecular weight is 473 g/mol. The number of piperazine rings is 1. The smallest absolute Gasteiger partial charge is 0.331 e. The van der Waals surface area contributed by atoms with Crippen molar-refractivity contribution in [1.82, 2.24) is 9.21 Å². The zero-order valence-corrected chi connectivity index (χ0v) is 19.8. The highest BCUT2D eigenvalue weighted by molar-refractivity contribution is 7.89. The van der Waals surface area contributed by atoms with Crippen LogP contribution < -0.4 is 4.74 Å². The predicted molar refractivity (Wildman–Crippen MR) is 124 cm³/mol. The second-order valence-electron chi connectivity index (χ2n) is 7.74. The van der Waals surface area contributed by atoms with Gasteiger partial charge in [-0.3, -0.25) is 4.79 Å². The van der Waals surface area contributed by atoms with Gasteiger partial charge in [0, 0.05) is 37.8 Å². The van der Waals surface area contributed by atoms with Crippen LogP contribution in [0.15, 0.2) is 53.4 Å². The molecule has 0 unspecified atom stereocenters. The van der Waals surface area contributed by atoms with Crippen LogP contribution in [0.25, 0.3) is 6.08 Å². The molecule has 0 bridgehead atoms. The fourth-order valence-corrected chi connectivity index (χ4v) is 5.27. The molecule has 0 radical (unpaired) electrons. The molecule has 2 aromatic rings. The van der Waals surface area contributed by atoms with E-state index in [0.717, 1.165) is 5.56 Å². The topological polar surface area (TPSA) is 93.2 Å². The summed E-state index contributed by atoms with van der Waals surface area (Å²) in [4.78, 5) is 26.2. The fourth-order valence-electron chi connectivity index (χ4n) is 3.64. The Morgan fingerprint density at radius 2 is 1.73 bits per heavy atom. The summed E-state index contributed by atoms with van der Waals surface area (Å²) in [6, 6.07) is 12.4. The van der Waals surface area contributed by atoms with Gasteiger partial charge in [-0.2, -0.15) is 4.31 Å². The van der Waals surface area contributed by atoms with Crippen molar-refractivity contribution in [2.24, 2.45) is 0 Å². The number of para-hydroxylation sites is 1. The molecule has 0 spiro atoms. The molecule has 1 fully saturated rings. The van der Waals surface area contributed by atoms with Crippen LogP contribution in [0, 0.1) is 13.8 Å². The van der Waals surface area contributed by atoms with Gasteiger partial charge in [0.15, 0.2) is 6.61 Å². The molecular formula is C24H28N2O6S. The quantitative estimate of drug-likeness (QED) is 0.454. The van der Waals surface area contributed by atoms with Crippen molar-refractivity contribution < 1.29 is 27.5 Å². The van der Waals surface area contributed by atoms with Gasteiger partial charge in [0.05, 0.1) is 12.0 Å². The summed E-state index contributed by atoms with van der Waals surface area (Å²) in [6.07, 6.45) is 2.79.